The maximum atomic E-state index is 11.9. The van der Waals surface area contributed by atoms with Gasteiger partial charge in [-0.2, -0.15) is 0 Å². The molecule has 0 bridgehead atoms. The van der Waals surface area contributed by atoms with Crippen LogP contribution in [0.25, 0.3) is 0 Å². The summed E-state index contributed by atoms with van der Waals surface area (Å²) >= 11 is 8.38. The Morgan fingerprint density at radius 3 is 2.50 bits per heavy atom. The highest BCUT2D eigenvalue weighted by molar-refractivity contribution is 9.10. The smallest absolute Gasteiger partial charge is 0.269 e. The van der Waals surface area contributed by atoms with Crippen LogP contribution in [0.2, 0.25) is 0 Å². The number of aryl methyl sites for hydroxylation is 1. The highest BCUT2D eigenvalue weighted by atomic mass is 79.9. The molecule has 2 rings (SSSR count). The van der Waals surface area contributed by atoms with Crippen LogP contribution in [0.15, 0.2) is 53.0 Å². The molecule has 0 aromatic heterocycles. The van der Waals surface area contributed by atoms with Crippen LogP contribution in [-0.4, -0.2) is 23.5 Å². The van der Waals surface area contributed by atoms with Crippen molar-refractivity contribution in [2.24, 2.45) is 0 Å². The van der Waals surface area contributed by atoms with E-state index in [-0.39, 0.29) is 17.6 Å². The molecule has 0 aliphatic rings. The number of hydrazine groups is 1. The normalized spacial score (nSPS) is 9.92. The van der Waals surface area contributed by atoms with Crippen LogP contribution < -0.4 is 20.9 Å². The number of hydrogen-bond donors (Lipinski definition) is 3. The minimum atomic E-state index is -0.442. The van der Waals surface area contributed by atoms with E-state index in [4.69, 9.17) is 17.0 Å². The summed E-state index contributed by atoms with van der Waals surface area (Å²) in [6.07, 6.45) is 0.911. The monoisotopic (exact) mass is 435 g/mol. The van der Waals surface area contributed by atoms with Crippen molar-refractivity contribution in [2.45, 2.75) is 13.3 Å². The SMILES string of the molecule is CCc1ccc(OCC(=O)NC(=S)NNC(=O)c2ccccc2)c(Br)c1. The predicted octanol–water partition coefficient (Wildman–Crippen LogP) is 2.73. The van der Waals surface area contributed by atoms with Gasteiger partial charge in [0.25, 0.3) is 11.8 Å². The summed E-state index contributed by atoms with van der Waals surface area (Å²) in [6.45, 7) is 1.85. The summed E-state index contributed by atoms with van der Waals surface area (Å²) in [5, 5.41) is 2.40. The lowest BCUT2D eigenvalue weighted by molar-refractivity contribution is -0.121. The first-order valence-corrected chi connectivity index (χ1v) is 9.06. The first-order valence-electron chi connectivity index (χ1n) is 7.86. The molecule has 3 N–H and O–H groups in total. The fourth-order valence-corrected chi connectivity index (χ4v) is 2.70. The Morgan fingerprint density at radius 2 is 1.85 bits per heavy atom. The molecule has 2 aromatic carbocycles. The number of ether oxygens (including phenoxy) is 1. The third-order valence-corrected chi connectivity index (χ3v) is 4.17. The summed E-state index contributed by atoms with van der Waals surface area (Å²) in [5.41, 5.74) is 6.51. The maximum Gasteiger partial charge on any atom is 0.269 e. The number of hydrogen-bond acceptors (Lipinski definition) is 4. The van der Waals surface area contributed by atoms with E-state index in [2.05, 4.69) is 39.0 Å². The second-order valence-corrected chi connectivity index (χ2v) is 6.49. The van der Waals surface area contributed by atoms with Crippen molar-refractivity contribution in [3.05, 3.63) is 64.1 Å². The van der Waals surface area contributed by atoms with Crippen molar-refractivity contribution in [1.82, 2.24) is 16.2 Å². The number of halogens is 1. The molecule has 0 aliphatic heterocycles. The van der Waals surface area contributed by atoms with Gasteiger partial charge in [0.15, 0.2) is 11.7 Å². The van der Waals surface area contributed by atoms with Gasteiger partial charge in [-0.15, -0.1) is 0 Å². The van der Waals surface area contributed by atoms with Gasteiger partial charge in [0.05, 0.1) is 4.47 Å². The second kappa shape index (κ2) is 9.88. The lowest BCUT2D eigenvalue weighted by atomic mass is 10.2. The fourth-order valence-electron chi connectivity index (χ4n) is 1.99. The Labute approximate surface area is 165 Å². The number of benzene rings is 2. The minimum absolute atomic E-state index is 0.0247. The molecule has 0 aliphatic carbocycles. The fraction of sp³-hybridized carbons (Fsp3) is 0.167. The molecule has 0 radical (unpaired) electrons. The van der Waals surface area contributed by atoms with Crippen LogP contribution >= 0.6 is 28.1 Å². The zero-order valence-corrected chi connectivity index (χ0v) is 16.4. The third kappa shape index (κ3) is 6.12. The van der Waals surface area contributed by atoms with E-state index in [0.717, 1.165) is 16.5 Å². The van der Waals surface area contributed by atoms with Crippen molar-refractivity contribution >= 4 is 45.1 Å². The highest BCUT2D eigenvalue weighted by Gasteiger charge is 2.09. The third-order valence-electron chi connectivity index (χ3n) is 3.34. The molecular weight excluding hydrogens is 418 g/mol. The molecule has 8 heteroatoms. The van der Waals surface area contributed by atoms with E-state index < -0.39 is 5.91 Å². The predicted molar refractivity (Wildman–Crippen MR) is 107 cm³/mol. The van der Waals surface area contributed by atoms with Gasteiger partial charge in [-0.3, -0.25) is 25.8 Å². The standard InChI is InChI=1S/C18H18BrN3O3S/c1-2-12-8-9-15(14(19)10-12)25-11-16(23)20-18(26)22-21-17(24)13-6-4-3-5-7-13/h3-10H,2,11H2,1H3,(H,21,24)(H2,20,22,23,26). The first kappa shape index (κ1) is 19.9. The van der Waals surface area contributed by atoms with Gasteiger partial charge in [0.2, 0.25) is 0 Å². The van der Waals surface area contributed by atoms with E-state index in [1.165, 1.54) is 0 Å². The molecule has 0 saturated heterocycles. The van der Waals surface area contributed by atoms with Crippen molar-refractivity contribution in [3.63, 3.8) is 0 Å². The van der Waals surface area contributed by atoms with E-state index in [9.17, 15) is 9.59 Å². The van der Waals surface area contributed by atoms with Crippen LogP contribution in [0.4, 0.5) is 0 Å². The summed E-state index contributed by atoms with van der Waals surface area (Å²) in [6, 6.07) is 14.3. The highest BCUT2D eigenvalue weighted by Crippen LogP contribution is 2.26. The zero-order chi connectivity index (χ0) is 18.9. The molecule has 136 valence electrons. The Bertz CT molecular complexity index is 800. The second-order valence-electron chi connectivity index (χ2n) is 5.23. The van der Waals surface area contributed by atoms with Crippen LogP contribution in [0, 0.1) is 0 Å². The van der Waals surface area contributed by atoms with Gasteiger partial charge in [-0.1, -0.05) is 31.2 Å². The van der Waals surface area contributed by atoms with E-state index >= 15 is 0 Å². The van der Waals surface area contributed by atoms with Crippen molar-refractivity contribution in [3.8, 4) is 5.75 Å². The molecule has 0 atom stereocenters. The Balaban J connectivity index is 1.75. The van der Waals surface area contributed by atoms with E-state index in [1.807, 2.05) is 18.2 Å². The summed E-state index contributed by atoms with van der Waals surface area (Å²) in [5.74, 6) is -0.241. The molecule has 2 aromatic rings. The molecule has 0 spiro atoms. The number of amides is 2. The van der Waals surface area contributed by atoms with Crippen molar-refractivity contribution < 1.29 is 14.3 Å². The quantitative estimate of drug-likeness (QED) is 0.496. The van der Waals surface area contributed by atoms with Gasteiger partial charge in [0.1, 0.15) is 5.75 Å². The van der Waals surface area contributed by atoms with Crippen LogP contribution in [0.3, 0.4) is 0 Å². The zero-order valence-electron chi connectivity index (χ0n) is 14.0. The number of carbonyl (C=O) groups excluding carboxylic acids is 2. The first-order chi connectivity index (χ1) is 12.5. The molecule has 0 unspecified atom stereocenters. The molecule has 26 heavy (non-hydrogen) atoms. The average Bonchev–Trinajstić information content (AvgIpc) is 2.65. The van der Waals surface area contributed by atoms with Crippen molar-refractivity contribution in [1.29, 1.82) is 0 Å². The number of nitrogens with one attached hydrogen (secondary N) is 3. The summed E-state index contributed by atoms with van der Waals surface area (Å²) in [4.78, 5) is 23.7. The Kier molecular flexibility index (Phi) is 7.55. The summed E-state index contributed by atoms with van der Waals surface area (Å²) in [7, 11) is 0. The topological polar surface area (TPSA) is 79.5 Å². The Morgan fingerprint density at radius 1 is 1.12 bits per heavy atom. The summed E-state index contributed by atoms with van der Waals surface area (Å²) < 4.78 is 6.24. The van der Waals surface area contributed by atoms with Crippen molar-refractivity contribution in [2.75, 3.05) is 6.61 Å². The van der Waals surface area contributed by atoms with Gasteiger partial charge < -0.3 is 4.74 Å². The van der Waals surface area contributed by atoms with Gasteiger partial charge >= 0.3 is 0 Å². The van der Waals surface area contributed by atoms with Gasteiger partial charge in [-0.25, -0.2) is 0 Å². The molecule has 2 amide bonds. The number of rotatable bonds is 5. The van der Waals surface area contributed by atoms with Gasteiger partial charge in [-0.05, 0) is 64.4 Å². The number of thiocarbonyl (C=S) groups is 1. The van der Waals surface area contributed by atoms with E-state index in [0.29, 0.717) is 11.3 Å². The lowest BCUT2D eigenvalue weighted by Gasteiger charge is -2.12. The molecule has 0 saturated carbocycles. The maximum absolute atomic E-state index is 11.9. The van der Waals surface area contributed by atoms with Crippen LogP contribution in [0.1, 0.15) is 22.8 Å². The largest absolute Gasteiger partial charge is 0.483 e. The minimum Gasteiger partial charge on any atom is -0.483 e. The van der Waals surface area contributed by atoms with E-state index in [1.54, 1.807) is 30.3 Å². The van der Waals surface area contributed by atoms with Crippen LogP contribution in [0.5, 0.6) is 5.75 Å². The Hall–Kier alpha value is -2.45. The van der Waals surface area contributed by atoms with Gasteiger partial charge in [0, 0.05) is 5.56 Å². The molecule has 6 nitrogen and oxygen atoms in total. The lowest BCUT2D eigenvalue weighted by Crippen LogP contribution is -2.49. The molecular formula is C18H18BrN3O3S. The molecule has 0 fully saturated rings. The number of carbonyl (C=O) groups is 2. The van der Waals surface area contributed by atoms with Crippen LogP contribution in [-0.2, 0) is 11.2 Å². The molecule has 0 heterocycles. The average molecular weight is 436 g/mol.